The molecular weight excluding hydrogens is 256 g/mol. The number of likely N-dealkylation sites (tertiary alicyclic amines) is 1. The van der Waals surface area contributed by atoms with Crippen LogP contribution in [-0.2, 0) is 0 Å². The SMILES string of the molecule is C.CC.CC1=CCC(CN(C)CCC2CCCN(C)C2)C1. The fraction of sp³-hybridized carbons (Fsp3) is 0.895. The Kier molecular flexibility index (Phi) is 11.1. The molecule has 126 valence electrons. The first-order chi connectivity index (χ1) is 9.63. The van der Waals surface area contributed by atoms with Gasteiger partial charge in [-0.15, -0.1) is 0 Å². The van der Waals surface area contributed by atoms with Gasteiger partial charge in [-0.2, -0.15) is 0 Å². The Balaban J connectivity index is 0.00000128. The van der Waals surface area contributed by atoms with E-state index in [1.165, 1.54) is 58.3 Å². The summed E-state index contributed by atoms with van der Waals surface area (Å²) in [6.07, 6.45) is 9.30. The lowest BCUT2D eigenvalue weighted by Crippen LogP contribution is -2.34. The molecule has 2 atom stereocenters. The molecule has 1 saturated heterocycles. The molecule has 0 amide bonds. The van der Waals surface area contributed by atoms with Crippen molar-refractivity contribution in [2.24, 2.45) is 11.8 Å². The number of rotatable bonds is 5. The molecule has 0 aromatic heterocycles. The topological polar surface area (TPSA) is 6.48 Å². The summed E-state index contributed by atoms with van der Waals surface area (Å²) in [6.45, 7) is 11.5. The first kappa shape index (κ1) is 20.7. The minimum atomic E-state index is 0. The van der Waals surface area contributed by atoms with Gasteiger partial charge in [-0.1, -0.05) is 32.9 Å². The second kappa shape index (κ2) is 11.3. The summed E-state index contributed by atoms with van der Waals surface area (Å²) in [5.41, 5.74) is 1.60. The van der Waals surface area contributed by atoms with E-state index in [0.29, 0.717) is 0 Å². The molecule has 1 aliphatic heterocycles. The van der Waals surface area contributed by atoms with Gasteiger partial charge in [-0.3, -0.25) is 0 Å². The van der Waals surface area contributed by atoms with Crippen LogP contribution in [0.4, 0.5) is 0 Å². The largest absolute Gasteiger partial charge is 0.306 e. The van der Waals surface area contributed by atoms with Crippen LogP contribution in [0, 0.1) is 11.8 Å². The van der Waals surface area contributed by atoms with Gasteiger partial charge in [0.05, 0.1) is 0 Å². The van der Waals surface area contributed by atoms with Crippen LogP contribution in [0.5, 0.6) is 0 Å². The van der Waals surface area contributed by atoms with Crippen LogP contribution in [-0.4, -0.2) is 50.1 Å². The summed E-state index contributed by atoms with van der Waals surface area (Å²) in [4.78, 5) is 5.06. The van der Waals surface area contributed by atoms with Crippen LogP contribution in [0.2, 0.25) is 0 Å². The summed E-state index contributed by atoms with van der Waals surface area (Å²) in [6, 6.07) is 0. The van der Waals surface area contributed by atoms with Crippen molar-refractivity contribution in [2.45, 2.75) is 60.3 Å². The quantitative estimate of drug-likeness (QED) is 0.680. The zero-order valence-corrected chi connectivity index (χ0v) is 14.5. The normalized spacial score (nSPS) is 25.9. The molecule has 0 spiro atoms. The van der Waals surface area contributed by atoms with Gasteiger partial charge in [0, 0.05) is 13.1 Å². The molecule has 2 nitrogen and oxygen atoms in total. The van der Waals surface area contributed by atoms with Crippen molar-refractivity contribution in [3.8, 4) is 0 Å². The fourth-order valence-electron chi connectivity index (χ4n) is 3.57. The Bertz CT molecular complexity index is 285. The molecule has 0 N–H and O–H groups in total. The molecule has 0 saturated carbocycles. The average Bonchev–Trinajstić information content (AvgIpc) is 2.84. The molecule has 0 bridgehead atoms. The second-order valence-electron chi connectivity index (χ2n) is 6.68. The van der Waals surface area contributed by atoms with Crippen molar-refractivity contribution in [3.05, 3.63) is 11.6 Å². The molecule has 0 aromatic rings. The lowest BCUT2D eigenvalue weighted by atomic mass is 9.95. The highest BCUT2D eigenvalue weighted by Crippen LogP contribution is 2.25. The molecule has 0 aromatic carbocycles. The zero-order chi connectivity index (χ0) is 15.0. The van der Waals surface area contributed by atoms with E-state index in [0.717, 1.165) is 11.8 Å². The Morgan fingerprint density at radius 3 is 2.57 bits per heavy atom. The summed E-state index contributed by atoms with van der Waals surface area (Å²) in [7, 11) is 4.57. The Morgan fingerprint density at radius 1 is 1.29 bits per heavy atom. The Hall–Kier alpha value is -0.340. The first-order valence-electron chi connectivity index (χ1n) is 8.66. The summed E-state index contributed by atoms with van der Waals surface area (Å²) in [5.74, 6) is 1.83. The van der Waals surface area contributed by atoms with Crippen LogP contribution in [0.1, 0.15) is 60.3 Å². The lowest BCUT2D eigenvalue weighted by molar-refractivity contribution is 0.180. The van der Waals surface area contributed by atoms with E-state index in [4.69, 9.17) is 0 Å². The van der Waals surface area contributed by atoms with Crippen LogP contribution in [0.15, 0.2) is 11.6 Å². The van der Waals surface area contributed by atoms with Crippen molar-refractivity contribution >= 4 is 0 Å². The second-order valence-corrected chi connectivity index (χ2v) is 6.68. The fourth-order valence-corrected chi connectivity index (χ4v) is 3.57. The van der Waals surface area contributed by atoms with Gasteiger partial charge in [0.25, 0.3) is 0 Å². The highest BCUT2D eigenvalue weighted by Gasteiger charge is 2.19. The predicted octanol–water partition coefficient (Wildman–Crippen LogP) is 4.67. The summed E-state index contributed by atoms with van der Waals surface area (Å²) in [5, 5.41) is 0. The van der Waals surface area contributed by atoms with E-state index in [-0.39, 0.29) is 7.43 Å². The molecule has 1 heterocycles. The molecule has 2 unspecified atom stereocenters. The van der Waals surface area contributed by atoms with E-state index in [1.54, 1.807) is 5.57 Å². The van der Waals surface area contributed by atoms with Gasteiger partial charge in [-0.25, -0.2) is 0 Å². The van der Waals surface area contributed by atoms with Crippen LogP contribution in [0.3, 0.4) is 0 Å². The highest BCUT2D eigenvalue weighted by atomic mass is 15.1. The Labute approximate surface area is 134 Å². The third kappa shape index (κ3) is 8.01. The Morgan fingerprint density at radius 2 is 2.00 bits per heavy atom. The van der Waals surface area contributed by atoms with E-state index < -0.39 is 0 Å². The maximum Gasteiger partial charge on any atom is 0.00126 e. The molecule has 2 aliphatic rings. The molecule has 1 fully saturated rings. The molecule has 1 aliphatic carbocycles. The minimum Gasteiger partial charge on any atom is -0.306 e. The van der Waals surface area contributed by atoms with Gasteiger partial charge in [-0.05, 0) is 78.0 Å². The summed E-state index contributed by atoms with van der Waals surface area (Å²) >= 11 is 0. The van der Waals surface area contributed by atoms with Gasteiger partial charge < -0.3 is 9.80 Å². The minimum absolute atomic E-state index is 0. The first-order valence-corrected chi connectivity index (χ1v) is 8.66. The van der Waals surface area contributed by atoms with Crippen molar-refractivity contribution in [1.82, 2.24) is 9.80 Å². The van der Waals surface area contributed by atoms with Gasteiger partial charge in [0.2, 0.25) is 0 Å². The smallest absolute Gasteiger partial charge is 0.00126 e. The standard InChI is InChI=1S/C16H30N2.C2H6.CH4/c1-14-6-7-16(11-14)13-18(3)10-8-15-5-4-9-17(2)12-15;1-2;/h6,15-16H,4-5,7-13H2,1-3H3;1-2H3;1H4. The van der Waals surface area contributed by atoms with Crippen LogP contribution in [0.25, 0.3) is 0 Å². The van der Waals surface area contributed by atoms with Crippen molar-refractivity contribution < 1.29 is 0 Å². The predicted molar refractivity (Wildman–Crippen MR) is 96.9 cm³/mol. The van der Waals surface area contributed by atoms with Crippen LogP contribution >= 0.6 is 0 Å². The molecule has 0 radical (unpaired) electrons. The molecule has 21 heavy (non-hydrogen) atoms. The molecular formula is C19H40N2. The molecule has 2 rings (SSSR count). The maximum atomic E-state index is 2.56. The average molecular weight is 297 g/mol. The highest BCUT2D eigenvalue weighted by molar-refractivity contribution is 5.07. The lowest BCUT2D eigenvalue weighted by Gasteiger charge is -2.31. The number of nitrogens with zero attached hydrogens (tertiary/aromatic N) is 2. The third-order valence-corrected chi connectivity index (χ3v) is 4.62. The maximum absolute atomic E-state index is 2.56. The number of allylic oxidation sites excluding steroid dienone is 2. The summed E-state index contributed by atoms with van der Waals surface area (Å²) < 4.78 is 0. The van der Waals surface area contributed by atoms with Crippen molar-refractivity contribution in [2.75, 3.05) is 40.3 Å². The van der Waals surface area contributed by atoms with Crippen molar-refractivity contribution in [3.63, 3.8) is 0 Å². The van der Waals surface area contributed by atoms with E-state index >= 15 is 0 Å². The molecule has 2 heteroatoms. The van der Waals surface area contributed by atoms with E-state index in [2.05, 4.69) is 36.9 Å². The number of hydrogen-bond donors (Lipinski definition) is 0. The van der Waals surface area contributed by atoms with Gasteiger partial charge in [0.1, 0.15) is 0 Å². The van der Waals surface area contributed by atoms with E-state index in [1.807, 2.05) is 13.8 Å². The van der Waals surface area contributed by atoms with E-state index in [9.17, 15) is 0 Å². The van der Waals surface area contributed by atoms with Crippen LogP contribution < -0.4 is 0 Å². The van der Waals surface area contributed by atoms with Gasteiger partial charge in [0.15, 0.2) is 0 Å². The zero-order valence-electron chi connectivity index (χ0n) is 14.5. The number of piperidine rings is 1. The monoisotopic (exact) mass is 296 g/mol. The number of hydrogen-bond acceptors (Lipinski definition) is 2. The van der Waals surface area contributed by atoms with Crippen molar-refractivity contribution in [1.29, 1.82) is 0 Å². The van der Waals surface area contributed by atoms with Gasteiger partial charge >= 0.3 is 0 Å². The third-order valence-electron chi connectivity index (χ3n) is 4.62.